The lowest BCUT2D eigenvalue weighted by Gasteiger charge is -2.21. The Morgan fingerprint density at radius 1 is 1.30 bits per heavy atom. The van der Waals surface area contributed by atoms with Gasteiger partial charge < -0.3 is 5.32 Å². The van der Waals surface area contributed by atoms with E-state index in [1.807, 2.05) is 0 Å². The minimum Gasteiger partial charge on any atom is -0.314 e. The molecular weight excluding hydrogens is 314 g/mol. The fourth-order valence-electron chi connectivity index (χ4n) is 3.55. The van der Waals surface area contributed by atoms with Gasteiger partial charge in [0.25, 0.3) is 0 Å². The van der Waals surface area contributed by atoms with E-state index in [0.717, 1.165) is 37.8 Å². The Morgan fingerprint density at radius 2 is 2.05 bits per heavy atom. The lowest BCUT2D eigenvalue weighted by molar-refractivity contribution is 0.348. The van der Waals surface area contributed by atoms with Crippen LogP contribution in [0, 0.1) is 11.8 Å². The Balaban J connectivity index is 2.12. The first-order valence-electron chi connectivity index (χ1n) is 8.09. The van der Waals surface area contributed by atoms with Crippen LogP contribution in [0.2, 0.25) is 0 Å². The molecule has 2 rings (SSSR count). The summed E-state index contributed by atoms with van der Waals surface area (Å²) in [6, 6.07) is 0.701. The van der Waals surface area contributed by atoms with E-state index >= 15 is 0 Å². The Hall–Kier alpha value is -0.350. The molecular formula is C16H28BrN3. The maximum Gasteiger partial charge on any atom is 0.0766 e. The number of aromatic nitrogens is 2. The van der Waals surface area contributed by atoms with Crippen molar-refractivity contribution in [1.82, 2.24) is 15.1 Å². The number of aryl methyl sites for hydroxylation is 2. The molecule has 0 radical (unpaired) electrons. The van der Waals surface area contributed by atoms with Crippen molar-refractivity contribution in [3.05, 3.63) is 15.9 Å². The average Bonchev–Trinajstić information content (AvgIpc) is 2.94. The molecule has 1 aromatic heterocycles. The van der Waals surface area contributed by atoms with Crippen LogP contribution in [-0.4, -0.2) is 22.4 Å². The molecule has 0 bridgehead atoms. The second kappa shape index (κ2) is 7.08. The molecule has 0 aromatic carbocycles. The average molecular weight is 342 g/mol. The molecule has 0 saturated heterocycles. The van der Waals surface area contributed by atoms with Gasteiger partial charge in [-0.25, -0.2) is 0 Å². The van der Waals surface area contributed by atoms with Gasteiger partial charge in [0.05, 0.1) is 15.9 Å². The van der Waals surface area contributed by atoms with Gasteiger partial charge in [0.15, 0.2) is 0 Å². The van der Waals surface area contributed by atoms with E-state index < -0.39 is 0 Å². The van der Waals surface area contributed by atoms with E-state index in [0.29, 0.717) is 6.04 Å². The summed E-state index contributed by atoms with van der Waals surface area (Å²) in [6.45, 7) is 11.0. The molecule has 3 atom stereocenters. The lowest BCUT2D eigenvalue weighted by Crippen LogP contribution is -2.32. The molecule has 1 saturated carbocycles. The SMILES string of the molecule is CCNC1CCC(Cc2c(Br)c(CC)nn2CC)C1C. The van der Waals surface area contributed by atoms with Crippen molar-refractivity contribution in [2.75, 3.05) is 6.54 Å². The number of nitrogens with one attached hydrogen (secondary N) is 1. The zero-order valence-electron chi connectivity index (χ0n) is 13.2. The molecule has 1 heterocycles. The van der Waals surface area contributed by atoms with Gasteiger partial charge >= 0.3 is 0 Å². The van der Waals surface area contributed by atoms with Crippen molar-refractivity contribution in [1.29, 1.82) is 0 Å². The molecule has 0 aliphatic heterocycles. The third-order valence-corrected chi connectivity index (χ3v) is 5.76. The molecule has 3 unspecified atom stereocenters. The highest BCUT2D eigenvalue weighted by atomic mass is 79.9. The highest BCUT2D eigenvalue weighted by Gasteiger charge is 2.33. The van der Waals surface area contributed by atoms with Gasteiger partial charge in [-0.1, -0.05) is 20.8 Å². The van der Waals surface area contributed by atoms with Crippen LogP contribution in [-0.2, 0) is 19.4 Å². The zero-order valence-corrected chi connectivity index (χ0v) is 14.8. The lowest BCUT2D eigenvalue weighted by atomic mass is 9.91. The zero-order chi connectivity index (χ0) is 14.7. The molecule has 1 aliphatic carbocycles. The molecule has 20 heavy (non-hydrogen) atoms. The van der Waals surface area contributed by atoms with Gasteiger partial charge in [-0.3, -0.25) is 4.68 Å². The third kappa shape index (κ3) is 3.11. The summed E-state index contributed by atoms with van der Waals surface area (Å²) < 4.78 is 3.44. The summed E-state index contributed by atoms with van der Waals surface area (Å²) in [5, 5.41) is 8.36. The van der Waals surface area contributed by atoms with E-state index in [-0.39, 0.29) is 0 Å². The van der Waals surface area contributed by atoms with Crippen LogP contribution in [0.1, 0.15) is 51.9 Å². The summed E-state index contributed by atoms with van der Waals surface area (Å²) in [6.07, 6.45) is 4.81. The second-order valence-corrected chi connectivity index (χ2v) is 6.73. The van der Waals surface area contributed by atoms with Crippen molar-refractivity contribution < 1.29 is 0 Å². The Labute approximate surface area is 131 Å². The first kappa shape index (κ1) is 16.0. The Kier molecular flexibility index (Phi) is 5.67. The van der Waals surface area contributed by atoms with Gasteiger partial charge in [0.1, 0.15) is 0 Å². The molecule has 0 spiro atoms. The van der Waals surface area contributed by atoms with E-state index in [2.05, 4.69) is 53.6 Å². The van der Waals surface area contributed by atoms with E-state index in [9.17, 15) is 0 Å². The molecule has 1 aromatic rings. The fraction of sp³-hybridized carbons (Fsp3) is 0.812. The van der Waals surface area contributed by atoms with Gasteiger partial charge in [-0.15, -0.1) is 0 Å². The minimum absolute atomic E-state index is 0.701. The Morgan fingerprint density at radius 3 is 2.65 bits per heavy atom. The maximum absolute atomic E-state index is 4.72. The van der Waals surface area contributed by atoms with Crippen LogP contribution >= 0.6 is 15.9 Å². The molecule has 1 aliphatic rings. The number of nitrogens with zero attached hydrogens (tertiary/aromatic N) is 2. The highest BCUT2D eigenvalue weighted by Crippen LogP contribution is 2.36. The predicted molar refractivity (Wildman–Crippen MR) is 88.0 cm³/mol. The third-order valence-electron chi connectivity index (χ3n) is 4.84. The summed E-state index contributed by atoms with van der Waals surface area (Å²) >= 11 is 3.78. The molecule has 1 N–H and O–H groups in total. The molecule has 3 nitrogen and oxygen atoms in total. The molecule has 4 heteroatoms. The number of hydrogen-bond donors (Lipinski definition) is 1. The maximum atomic E-state index is 4.72. The molecule has 0 amide bonds. The van der Waals surface area contributed by atoms with Gasteiger partial charge in [0.2, 0.25) is 0 Å². The quantitative estimate of drug-likeness (QED) is 0.852. The number of rotatable bonds is 6. The highest BCUT2D eigenvalue weighted by molar-refractivity contribution is 9.10. The first-order valence-corrected chi connectivity index (χ1v) is 8.88. The second-order valence-electron chi connectivity index (χ2n) is 5.94. The first-order chi connectivity index (χ1) is 9.62. The van der Waals surface area contributed by atoms with Crippen LogP contribution in [0.5, 0.6) is 0 Å². The molecule has 1 fully saturated rings. The summed E-state index contributed by atoms with van der Waals surface area (Å²) in [7, 11) is 0. The van der Waals surface area contributed by atoms with Gasteiger partial charge in [-0.2, -0.15) is 5.10 Å². The predicted octanol–water partition coefficient (Wildman–Crippen LogP) is 3.79. The van der Waals surface area contributed by atoms with Crippen LogP contribution in [0.4, 0.5) is 0 Å². The number of hydrogen-bond acceptors (Lipinski definition) is 2. The topological polar surface area (TPSA) is 29.9 Å². The van der Waals surface area contributed by atoms with E-state index in [1.165, 1.54) is 28.7 Å². The van der Waals surface area contributed by atoms with Crippen molar-refractivity contribution in [2.24, 2.45) is 11.8 Å². The van der Waals surface area contributed by atoms with Crippen molar-refractivity contribution >= 4 is 15.9 Å². The van der Waals surface area contributed by atoms with Crippen LogP contribution < -0.4 is 5.32 Å². The van der Waals surface area contributed by atoms with Gasteiger partial charge in [0, 0.05) is 12.6 Å². The van der Waals surface area contributed by atoms with Crippen molar-refractivity contribution in [3.8, 4) is 0 Å². The largest absolute Gasteiger partial charge is 0.314 e. The monoisotopic (exact) mass is 341 g/mol. The van der Waals surface area contributed by atoms with Crippen LogP contribution in [0.15, 0.2) is 4.47 Å². The number of halogens is 1. The standard InChI is InChI=1S/C16H28BrN3/c1-5-13-16(17)15(20(7-3)19-13)10-12-8-9-14(11(12)4)18-6-2/h11-12,14,18H,5-10H2,1-4H3. The Bertz CT molecular complexity index is 441. The summed E-state index contributed by atoms with van der Waals surface area (Å²) in [5.74, 6) is 1.54. The fourth-order valence-corrected chi connectivity index (χ4v) is 4.27. The minimum atomic E-state index is 0.701. The van der Waals surface area contributed by atoms with Crippen LogP contribution in [0.25, 0.3) is 0 Å². The van der Waals surface area contributed by atoms with E-state index in [1.54, 1.807) is 0 Å². The van der Waals surface area contributed by atoms with Gasteiger partial charge in [-0.05, 0) is 66.9 Å². The summed E-state index contributed by atoms with van der Waals surface area (Å²) in [5.41, 5.74) is 2.61. The van der Waals surface area contributed by atoms with Crippen molar-refractivity contribution in [2.45, 2.75) is 66.0 Å². The molecule has 114 valence electrons. The van der Waals surface area contributed by atoms with Crippen molar-refractivity contribution in [3.63, 3.8) is 0 Å². The van der Waals surface area contributed by atoms with Crippen LogP contribution in [0.3, 0.4) is 0 Å². The smallest absolute Gasteiger partial charge is 0.0766 e. The normalized spacial score (nSPS) is 26.4. The summed E-state index contributed by atoms with van der Waals surface area (Å²) in [4.78, 5) is 0. The van der Waals surface area contributed by atoms with E-state index in [4.69, 9.17) is 5.10 Å².